The molecule has 0 spiro atoms. The average Bonchev–Trinajstić information content (AvgIpc) is 3.24. The Morgan fingerprint density at radius 2 is 2.26 bits per heavy atom. The van der Waals surface area contributed by atoms with E-state index in [1.165, 1.54) is 5.70 Å². The van der Waals surface area contributed by atoms with Crippen molar-refractivity contribution in [1.82, 2.24) is 25.0 Å². The second kappa shape index (κ2) is 5.66. The van der Waals surface area contributed by atoms with Crippen molar-refractivity contribution < 1.29 is 0 Å². The van der Waals surface area contributed by atoms with Crippen LogP contribution in [0.1, 0.15) is 19.2 Å². The van der Waals surface area contributed by atoms with Crippen molar-refractivity contribution >= 4 is 17.2 Å². The number of nitrogens with one attached hydrogen (secondary N) is 1. The lowest BCUT2D eigenvalue weighted by atomic mass is 10.2. The van der Waals surface area contributed by atoms with Crippen molar-refractivity contribution in [3.63, 3.8) is 0 Å². The Morgan fingerprint density at radius 1 is 1.35 bits per heavy atom. The molecule has 0 aromatic carbocycles. The van der Waals surface area contributed by atoms with Crippen molar-refractivity contribution in [3.8, 4) is 10.6 Å². The fraction of sp³-hybridized carbons (Fsp3) is 0.312. The molecule has 0 bridgehead atoms. The molecular formula is C16H18N6S. The SMILES string of the molecule is CC1=CC=CC2N=C(CCc3nc(-c4cncs4)cn3C)NN12. The molecule has 1 atom stereocenters. The Balaban J connectivity index is 1.44. The fourth-order valence-corrected chi connectivity index (χ4v) is 3.38. The van der Waals surface area contributed by atoms with Crippen molar-refractivity contribution in [2.75, 3.05) is 0 Å². The number of aromatic nitrogens is 3. The van der Waals surface area contributed by atoms with Crippen LogP contribution in [-0.2, 0) is 13.5 Å². The number of hydrogen-bond acceptors (Lipinski definition) is 6. The molecule has 4 heterocycles. The zero-order chi connectivity index (χ0) is 15.8. The molecule has 7 heteroatoms. The number of allylic oxidation sites excluding steroid dienone is 3. The summed E-state index contributed by atoms with van der Waals surface area (Å²) in [4.78, 5) is 14.7. The van der Waals surface area contributed by atoms with Gasteiger partial charge >= 0.3 is 0 Å². The number of thiazole rings is 1. The van der Waals surface area contributed by atoms with Gasteiger partial charge < -0.3 is 4.57 Å². The predicted octanol–water partition coefficient (Wildman–Crippen LogP) is 2.49. The molecule has 23 heavy (non-hydrogen) atoms. The number of imidazole rings is 1. The summed E-state index contributed by atoms with van der Waals surface area (Å²) < 4.78 is 2.09. The first-order chi connectivity index (χ1) is 11.2. The summed E-state index contributed by atoms with van der Waals surface area (Å²) in [5, 5.41) is 2.09. The van der Waals surface area contributed by atoms with Crippen LogP contribution in [0.2, 0.25) is 0 Å². The van der Waals surface area contributed by atoms with Crippen LogP contribution < -0.4 is 5.43 Å². The molecule has 118 valence electrons. The molecule has 0 saturated carbocycles. The van der Waals surface area contributed by atoms with Gasteiger partial charge in [0.05, 0.1) is 10.4 Å². The Bertz CT molecular complexity index is 799. The van der Waals surface area contributed by atoms with Crippen LogP contribution in [0.25, 0.3) is 10.6 Å². The maximum Gasteiger partial charge on any atom is 0.160 e. The van der Waals surface area contributed by atoms with Crippen LogP contribution >= 0.6 is 11.3 Å². The predicted molar refractivity (Wildman–Crippen MR) is 91.7 cm³/mol. The monoisotopic (exact) mass is 326 g/mol. The van der Waals surface area contributed by atoms with E-state index < -0.39 is 0 Å². The fourth-order valence-electron chi connectivity index (χ4n) is 2.80. The summed E-state index contributed by atoms with van der Waals surface area (Å²) in [7, 11) is 2.04. The summed E-state index contributed by atoms with van der Waals surface area (Å²) in [6.45, 7) is 2.09. The van der Waals surface area contributed by atoms with Gasteiger partial charge in [-0.05, 0) is 19.1 Å². The zero-order valence-corrected chi connectivity index (χ0v) is 13.9. The van der Waals surface area contributed by atoms with Gasteiger partial charge in [-0.2, -0.15) is 0 Å². The Labute approximate surface area is 138 Å². The minimum Gasteiger partial charge on any atom is -0.337 e. The normalized spacial score (nSPS) is 19.4. The molecule has 0 fully saturated rings. The topological polar surface area (TPSA) is 58.3 Å². The van der Waals surface area contributed by atoms with E-state index in [1.807, 2.05) is 18.8 Å². The number of aryl methyl sites for hydroxylation is 2. The first-order valence-corrected chi connectivity index (χ1v) is 8.47. The first kappa shape index (κ1) is 14.2. The number of fused-ring (bicyclic) bond motifs is 1. The lowest BCUT2D eigenvalue weighted by Gasteiger charge is -2.26. The highest BCUT2D eigenvalue weighted by atomic mass is 32.1. The van der Waals surface area contributed by atoms with Gasteiger partial charge in [0.25, 0.3) is 0 Å². The second-order valence-corrected chi connectivity index (χ2v) is 6.57. The average molecular weight is 326 g/mol. The largest absolute Gasteiger partial charge is 0.337 e. The molecule has 0 saturated heterocycles. The standard InChI is InChI=1S/C16H18N6S/c1-11-4-3-5-16-19-14(20-22(11)16)6-7-15-18-12(9-21(15)2)13-8-17-10-23-13/h3-5,8-10,16H,6-7H2,1-2H3,(H,19,20). The smallest absolute Gasteiger partial charge is 0.160 e. The zero-order valence-electron chi connectivity index (χ0n) is 13.1. The Kier molecular flexibility index (Phi) is 3.49. The molecule has 1 N–H and O–H groups in total. The third-order valence-corrected chi connectivity index (χ3v) is 4.84. The minimum atomic E-state index is 0.0872. The van der Waals surface area contributed by atoms with E-state index in [0.29, 0.717) is 0 Å². The molecule has 2 aliphatic rings. The van der Waals surface area contributed by atoms with Crippen molar-refractivity contribution in [3.05, 3.63) is 47.7 Å². The molecule has 2 aromatic rings. The lowest BCUT2D eigenvalue weighted by Crippen LogP contribution is -2.39. The molecule has 2 aliphatic heterocycles. The first-order valence-electron chi connectivity index (χ1n) is 7.59. The number of rotatable bonds is 4. The maximum absolute atomic E-state index is 4.73. The van der Waals surface area contributed by atoms with Gasteiger partial charge in [-0.1, -0.05) is 6.08 Å². The molecule has 1 unspecified atom stereocenters. The summed E-state index contributed by atoms with van der Waals surface area (Å²) in [5.41, 5.74) is 7.39. The quantitative estimate of drug-likeness (QED) is 0.938. The van der Waals surface area contributed by atoms with E-state index in [-0.39, 0.29) is 6.17 Å². The molecule has 0 radical (unpaired) electrons. The van der Waals surface area contributed by atoms with Gasteiger partial charge in [0.2, 0.25) is 0 Å². The third-order valence-electron chi connectivity index (χ3n) is 4.05. The molecule has 4 rings (SSSR count). The molecular weight excluding hydrogens is 308 g/mol. The number of hydrogen-bond donors (Lipinski definition) is 1. The van der Waals surface area contributed by atoms with E-state index in [0.717, 1.165) is 35.1 Å². The number of amidine groups is 1. The van der Waals surface area contributed by atoms with Crippen molar-refractivity contribution in [1.29, 1.82) is 0 Å². The van der Waals surface area contributed by atoms with Gasteiger partial charge in [0.15, 0.2) is 6.17 Å². The van der Waals surface area contributed by atoms with Crippen LogP contribution in [0.15, 0.2) is 46.8 Å². The highest BCUT2D eigenvalue weighted by Gasteiger charge is 2.25. The van der Waals surface area contributed by atoms with E-state index in [1.54, 1.807) is 11.3 Å². The van der Waals surface area contributed by atoms with Crippen LogP contribution in [0, 0.1) is 0 Å². The highest BCUT2D eigenvalue weighted by molar-refractivity contribution is 7.13. The van der Waals surface area contributed by atoms with Crippen LogP contribution in [0.5, 0.6) is 0 Å². The van der Waals surface area contributed by atoms with E-state index in [2.05, 4.69) is 51.3 Å². The lowest BCUT2D eigenvalue weighted by molar-refractivity contribution is 0.283. The number of hydrazine groups is 1. The van der Waals surface area contributed by atoms with Gasteiger partial charge in [-0.15, -0.1) is 11.3 Å². The van der Waals surface area contributed by atoms with Gasteiger partial charge in [-0.25, -0.2) is 9.98 Å². The molecule has 6 nitrogen and oxygen atoms in total. The summed E-state index contributed by atoms with van der Waals surface area (Å²) in [6.07, 6.45) is 12.0. The molecule has 0 amide bonds. The van der Waals surface area contributed by atoms with Crippen molar-refractivity contribution in [2.45, 2.75) is 25.9 Å². The Morgan fingerprint density at radius 3 is 3.04 bits per heavy atom. The van der Waals surface area contributed by atoms with Crippen LogP contribution in [-0.4, -0.2) is 31.5 Å². The Hall–Kier alpha value is -2.41. The van der Waals surface area contributed by atoms with Gasteiger partial charge in [-0.3, -0.25) is 15.4 Å². The van der Waals surface area contributed by atoms with Crippen molar-refractivity contribution in [2.24, 2.45) is 12.0 Å². The van der Waals surface area contributed by atoms with Gasteiger partial charge in [0.1, 0.15) is 17.4 Å². The van der Waals surface area contributed by atoms with E-state index >= 15 is 0 Å². The van der Waals surface area contributed by atoms with Crippen LogP contribution in [0.4, 0.5) is 0 Å². The second-order valence-electron chi connectivity index (χ2n) is 5.68. The molecule has 2 aromatic heterocycles. The van der Waals surface area contributed by atoms with E-state index in [9.17, 15) is 0 Å². The highest BCUT2D eigenvalue weighted by Crippen LogP contribution is 2.23. The number of aliphatic imine (C=N–C) groups is 1. The summed E-state index contributed by atoms with van der Waals surface area (Å²) >= 11 is 1.61. The maximum atomic E-state index is 4.73. The van der Waals surface area contributed by atoms with E-state index in [4.69, 9.17) is 9.98 Å². The van der Waals surface area contributed by atoms with Gasteiger partial charge in [0, 0.05) is 38.0 Å². The summed E-state index contributed by atoms with van der Waals surface area (Å²) in [6, 6.07) is 0. The third kappa shape index (κ3) is 2.68. The minimum absolute atomic E-state index is 0.0872. The number of nitrogens with zero attached hydrogens (tertiary/aromatic N) is 5. The molecule has 0 aliphatic carbocycles. The van der Waals surface area contributed by atoms with Crippen LogP contribution in [0.3, 0.4) is 0 Å². The summed E-state index contributed by atoms with van der Waals surface area (Å²) in [5.74, 6) is 2.07.